The van der Waals surface area contributed by atoms with E-state index in [1.807, 2.05) is 66.7 Å². The summed E-state index contributed by atoms with van der Waals surface area (Å²) < 4.78 is 0. The first kappa shape index (κ1) is 21.3. The van der Waals surface area contributed by atoms with Gasteiger partial charge in [-0.05, 0) is 39.8 Å². The second-order valence-electron chi connectivity index (χ2n) is 8.46. The molecule has 0 fully saturated rings. The van der Waals surface area contributed by atoms with Gasteiger partial charge in [-0.25, -0.2) is 4.79 Å². The van der Waals surface area contributed by atoms with Crippen molar-refractivity contribution in [1.82, 2.24) is 5.32 Å². The topological polar surface area (TPSA) is 66.4 Å². The Labute approximate surface area is 177 Å². The van der Waals surface area contributed by atoms with Gasteiger partial charge in [-0.2, -0.15) is 0 Å². The molecule has 1 amide bonds. The largest absolute Gasteiger partial charge is 0.480 e. The Hall–Kier alpha value is -3.40. The van der Waals surface area contributed by atoms with Crippen LogP contribution in [0.25, 0.3) is 11.1 Å². The molecule has 0 saturated carbocycles. The van der Waals surface area contributed by atoms with Crippen LogP contribution in [0.5, 0.6) is 0 Å². The third-order valence-electron chi connectivity index (χ3n) is 5.12. The van der Waals surface area contributed by atoms with Crippen molar-refractivity contribution in [1.29, 1.82) is 0 Å². The van der Waals surface area contributed by atoms with Gasteiger partial charge in [0.1, 0.15) is 6.04 Å². The Bertz CT molecular complexity index is 1000. The Morgan fingerprint density at radius 3 is 1.93 bits per heavy atom. The van der Waals surface area contributed by atoms with Crippen LogP contribution in [0, 0.1) is 0 Å². The maximum absolute atomic E-state index is 12.6. The molecule has 0 unspecified atom stereocenters. The number of carbonyl (C=O) groups is 2. The lowest BCUT2D eigenvalue weighted by molar-refractivity contribution is -0.139. The summed E-state index contributed by atoms with van der Waals surface area (Å²) in [6.07, 6.45) is 0.218. The summed E-state index contributed by atoms with van der Waals surface area (Å²) in [5.41, 5.74) is 4.58. The molecule has 0 aromatic heterocycles. The standard InChI is InChI=1S/C26H27NO3/c1-26(2,3)22-15-13-21(14-16-22)24(28)27-23(25(29)30)17-18-9-11-20(12-10-18)19-7-5-4-6-8-19/h4-16,23H,17H2,1-3H3,(H,27,28)(H,29,30)/t23-/m0/s1. The summed E-state index contributed by atoms with van der Waals surface area (Å²) in [5, 5.41) is 12.2. The van der Waals surface area contributed by atoms with Gasteiger partial charge in [-0.15, -0.1) is 0 Å². The van der Waals surface area contributed by atoms with Crippen molar-refractivity contribution in [3.63, 3.8) is 0 Å². The van der Waals surface area contributed by atoms with Gasteiger partial charge in [0, 0.05) is 12.0 Å². The number of carboxylic acids is 1. The maximum Gasteiger partial charge on any atom is 0.326 e. The third kappa shape index (κ3) is 5.35. The Morgan fingerprint density at radius 2 is 1.40 bits per heavy atom. The Morgan fingerprint density at radius 1 is 0.833 bits per heavy atom. The van der Waals surface area contributed by atoms with Gasteiger partial charge in [0.05, 0.1) is 0 Å². The lowest BCUT2D eigenvalue weighted by atomic mass is 9.86. The highest BCUT2D eigenvalue weighted by molar-refractivity contribution is 5.96. The fraction of sp³-hybridized carbons (Fsp3) is 0.231. The highest BCUT2D eigenvalue weighted by Gasteiger charge is 2.22. The molecule has 0 heterocycles. The van der Waals surface area contributed by atoms with Crippen molar-refractivity contribution in [3.8, 4) is 11.1 Å². The van der Waals surface area contributed by atoms with E-state index < -0.39 is 12.0 Å². The van der Waals surface area contributed by atoms with E-state index in [0.29, 0.717) is 5.56 Å². The molecule has 4 heteroatoms. The second-order valence-corrected chi connectivity index (χ2v) is 8.46. The van der Waals surface area contributed by atoms with Crippen LogP contribution in [0.2, 0.25) is 0 Å². The van der Waals surface area contributed by atoms with E-state index in [0.717, 1.165) is 22.3 Å². The molecule has 4 nitrogen and oxygen atoms in total. The SMILES string of the molecule is CC(C)(C)c1ccc(C(=O)N[C@@H](Cc2ccc(-c3ccccc3)cc2)C(=O)O)cc1. The van der Waals surface area contributed by atoms with Crippen molar-refractivity contribution in [2.24, 2.45) is 0 Å². The second kappa shape index (κ2) is 8.95. The zero-order chi connectivity index (χ0) is 21.7. The van der Waals surface area contributed by atoms with Crippen LogP contribution in [0.4, 0.5) is 0 Å². The van der Waals surface area contributed by atoms with Gasteiger partial charge < -0.3 is 10.4 Å². The molecular weight excluding hydrogens is 374 g/mol. The molecule has 0 bridgehead atoms. The highest BCUT2D eigenvalue weighted by Crippen LogP contribution is 2.22. The van der Waals surface area contributed by atoms with Crippen LogP contribution < -0.4 is 5.32 Å². The fourth-order valence-electron chi connectivity index (χ4n) is 3.26. The third-order valence-corrected chi connectivity index (χ3v) is 5.12. The molecule has 0 aliphatic carbocycles. The average molecular weight is 402 g/mol. The summed E-state index contributed by atoms with van der Waals surface area (Å²) in [5.74, 6) is -1.44. The van der Waals surface area contributed by atoms with E-state index >= 15 is 0 Å². The molecule has 0 spiro atoms. The minimum absolute atomic E-state index is 0.00941. The molecular formula is C26H27NO3. The average Bonchev–Trinajstić information content (AvgIpc) is 2.74. The van der Waals surface area contributed by atoms with Crippen LogP contribution >= 0.6 is 0 Å². The number of hydrogen-bond acceptors (Lipinski definition) is 2. The normalized spacial score (nSPS) is 12.2. The predicted octanol–water partition coefficient (Wildman–Crippen LogP) is 5.08. The lowest BCUT2D eigenvalue weighted by Crippen LogP contribution is -2.42. The first-order valence-corrected chi connectivity index (χ1v) is 10.0. The maximum atomic E-state index is 12.6. The number of benzene rings is 3. The van der Waals surface area contributed by atoms with E-state index in [9.17, 15) is 14.7 Å². The minimum atomic E-state index is -1.05. The Balaban J connectivity index is 1.69. The number of carboxylic acid groups (broad SMARTS) is 1. The molecule has 0 aliphatic heterocycles. The molecule has 154 valence electrons. The smallest absolute Gasteiger partial charge is 0.326 e. The van der Waals surface area contributed by atoms with Crippen LogP contribution in [0.15, 0.2) is 78.9 Å². The molecule has 3 rings (SSSR count). The molecule has 0 radical (unpaired) electrons. The number of rotatable bonds is 6. The van der Waals surface area contributed by atoms with E-state index in [1.54, 1.807) is 12.1 Å². The number of aliphatic carboxylic acids is 1. The summed E-state index contributed by atoms with van der Waals surface area (Å²) in [6, 6.07) is 24.0. The van der Waals surface area contributed by atoms with E-state index in [2.05, 4.69) is 26.1 Å². The monoisotopic (exact) mass is 401 g/mol. The van der Waals surface area contributed by atoms with E-state index in [1.165, 1.54) is 0 Å². The van der Waals surface area contributed by atoms with Crippen LogP contribution in [-0.2, 0) is 16.6 Å². The highest BCUT2D eigenvalue weighted by atomic mass is 16.4. The van der Waals surface area contributed by atoms with Crippen molar-refractivity contribution < 1.29 is 14.7 Å². The van der Waals surface area contributed by atoms with Gasteiger partial charge >= 0.3 is 5.97 Å². The molecule has 30 heavy (non-hydrogen) atoms. The van der Waals surface area contributed by atoms with Crippen molar-refractivity contribution in [3.05, 3.63) is 95.6 Å². The molecule has 1 atom stereocenters. The predicted molar refractivity (Wildman–Crippen MR) is 120 cm³/mol. The number of carbonyl (C=O) groups excluding carboxylic acids is 1. The molecule has 3 aromatic carbocycles. The quantitative estimate of drug-likeness (QED) is 0.605. The first-order chi connectivity index (χ1) is 14.2. The van der Waals surface area contributed by atoms with Gasteiger partial charge in [0.15, 0.2) is 0 Å². The van der Waals surface area contributed by atoms with Crippen LogP contribution in [-0.4, -0.2) is 23.0 Å². The number of nitrogens with one attached hydrogen (secondary N) is 1. The van der Waals surface area contributed by atoms with Crippen LogP contribution in [0.1, 0.15) is 42.3 Å². The summed E-state index contributed by atoms with van der Waals surface area (Å²) in [7, 11) is 0. The van der Waals surface area contributed by atoms with Gasteiger partial charge in [-0.3, -0.25) is 4.79 Å². The molecule has 0 aliphatic rings. The lowest BCUT2D eigenvalue weighted by Gasteiger charge is -2.19. The van der Waals surface area contributed by atoms with Crippen molar-refractivity contribution >= 4 is 11.9 Å². The molecule has 0 saturated heterocycles. The fourth-order valence-corrected chi connectivity index (χ4v) is 3.26. The van der Waals surface area contributed by atoms with Gasteiger partial charge in [0.25, 0.3) is 5.91 Å². The van der Waals surface area contributed by atoms with Crippen molar-refractivity contribution in [2.75, 3.05) is 0 Å². The molecule has 3 aromatic rings. The van der Waals surface area contributed by atoms with Gasteiger partial charge in [-0.1, -0.05) is 87.5 Å². The summed E-state index contributed by atoms with van der Waals surface area (Å²) in [4.78, 5) is 24.3. The van der Waals surface area contributed by atoms with Crippen molar-refractivity contribution in [2.45, 2.75) is 38.6 Å². The summed E-state index contributed by atoms with van der Waals surface area (Å²) >= 11 is 0. The van der Waals surface area contributed by atoms with Crippen LogP contribution in [0.3, 0.4) is 0 Å². The zero-order valence-corrected chi connectivity index (χ0v) is 17.6. The van der Waals surface area contributed by atoms with E-state index in [4.69, 9.17) is 0 Å². The van der Waals surface area contributed by atoms with E-state index in [-0.39, 0.29) is 17.7 Å². The zero-order valence-electron chi connectivity index (χ0n) is 17.6. The number of hydrogen-bond donors (Lipinski definition) is 2. The summed E-state index contributed by atoms with van der Waals surface area (Å²) in [6.45, 7) is 6.31. The van der Waals surface area contributed by atoms with Gasteiger partial charge in [0.2, 0.25) is 0 Å². The molecule has 2 N–H and O–H groups in total. The first-order valence-electron chi connectivity index (χ1n) is 10.0. The minimum Gasteiger partial charge on any atom is -0.480 e. The Kier molecular flexibility index (Phi) is 6.36. The number of amides is 1.